The Morgan fingerprint density at radius 3 is 2.56 bits per heavy atom. The van der Waals surface area contributed by atoms with Crippen molar-refractivity contribution in [2.75, 3.05) is 20.3 Å². The minimum Gasteiger partial charge on any atom is -0.383 e. The molecule has 3 N–H and O–H groups in total. The highest BCUT2D eigenvalue weighted by molar-refractivity contribution is 7.84. The summed E-state index contributed by atoms with van der Waals surface area (Å²) in [5.74, 6) is 0.765. The normalized spacial score (nSPS) is 18.4. The zero-order valence-corrected chi connectivity index (χ0v) is 25.1. The predicted octanol–water partition coefficient (Wildman–Crippen LogP) is 4.66. The molecule has 8 nitrogen and oxygen atoms in total. The van der Waals surface area contributed by atoms with E-state index in [4.69, 9.17) is 24.9 Å². The molecule has 0 saturated heterocycles. The molecule has 0 amide bonds. The average molecular weight is 539 g/mol. The predicted molar refractivity (Wildman–Crippen MR) is 150 cm³/mol. The number of fused-ring (bicyclic) bond motifs is 1. The maximum absolute atomic E-state index is 13.2. The Morgan fingerprint density at radius 2 is 1.97 bits per heavy atom. The minimum absolute atomic E-state index is 0.212. The highest BCUT2D eigenvalue weighted by atomic mass is 32.2. The summed E-state index contributed by atoms with van der Waals surface area (Å²) in [6.07, 6.45) is 2.18. The third-order valence-corrected chi connectivity index (χ3v) is 9.55. The van der Waals surface area contributed by atoms with Crippen LogP contribution in [0.25, 0.3) is 11.0 Å². The molecule has 3 rings (SSSR count). The van der Waals surface area contributed by atoms with Gasteiger partial charge in [-0.25, -0.2) is 13.9 Å². The first-order valence-electron chi connectivity index (χ1n) is 13.0. The van der Waals surface area contributed by atoms with Gasteiger partial charge in [-0.3, -0.25) is 0 Å². The Hall–Kier alpha value is -1.14. The number of rotatable bonds is 14. The lowest BCUT2D eigenvalue weighted by atomic mass is 10.1. The van der Waals surface area contributed by atoms with Crippen LogP contribution in [0.5, 0.6) is 0 Å². The van der Waals surface area contributed by atoms with Gasteiger partial charge in [0.15, 0.2) is 0 Å². The first-order valence-corrected chi connectivity index (χ1v) is 17.8. The van der Waals surface area contributed by atoms with Gasteiger partial charge in [0.25, 0.3) is 0 Å². The van der Waals surface area contributed by atoms with Crippen LogP contribution in [0.2, 0.25) is 25.7 Å². The number of aromatic nitrogens is 2. The van der Waals surface area contributed by atoms with E-state index in [1.165, 1.54) is 0 Å². The summed E-state index contributed by atoms with van der Waals surface area (Å²) in [5.41, 5.74) is 9.06. The molecule has 4 atom stereocenters. The van der Waals surface area contributed by atoms with E-state index in [9.17, 15) is 4.21 Å². The number of hydrogen-bond donors (Lipinski definition) is 2. The van der Waals surface area contributed by atoms with Crippen molar-refractivity contribution in [1.29, 1.82) is 0 Å². The SMILES string of the molecule is COC[C@@H](N)c1ccc2c(c1)nc([C@@H](N[S@](=O)C(C)(C)C)[C@@H](C)OC1CC1)n2COCC[Si](C)(C)C. The van der Waals surface area contributed by atoms with Crippen LogP contribution in [0.3, 0.4) is 0 Å². The molecule has 1 saturated carbocycles. The molecule has 2 aromatic rings. The maximum Gasteiger partial charge on any atom is 0.132 e. The van der Waals surface area contributed by atoms with Crippen molar-refractivity contribution < 1.29 is 18.4 Å². The highest BCUT2D eigenvalue weighted by Gasteiger charge is 2.35. The minimum atomic E-state index is -1.30. The van der Waals surface area contributed by atoms with Crippen LogP contribution >= 0.6 is 0 Å². The summed E-state index contributed by atoms with van der Waals surface area (Å²) in [6.45, 7) is 16.5. The molecule has 1 heterocycles. The Bertz CT molecular complexity index is 1030. The monoisotopic (exact) mass is 538 g/mol. The Kier molecular flexibility index (Phi) is 9.92. The molecular formula is C26H46N4O4SSi. The molecule has 1 aliphatic carbocycles. The summed E-state index contributed by atoms with van der Waals surface area (Å²) in [4.78, 5) is 5.05. The molecule has 0 spiro atoms. The molecule has 36 heavy (non-hydrogen) atoms. The van der Waals surface area contributed by atoms with Crippen molar-refractivity contribution in [3.8, 4) is 0 Å². The molecule has 1 aliphatic rings. The molecule has 0 bridgehead atoms. The highest BCUT2D eigenvalue weighted by Crippen LogP contribution is 2.32. The van der Waals surface area contributed by atoms with Gasteiger partial charge >= 0.3 is 0 Å². The number of nitrogens with zero attached hydrogens (tertiary/aromatic N) is 2. The summed E-state index contributed by atoms with van der Waals surface area (Å²) >= 11 is 0. The van der Waals surface area contributed by atoms with Crippen LogP contribution in [0, 0.1) is 0 Å². The standard InChI is InChI=1S/C26H46N4O4SSi/c1-18(34-20-10-11-20)24(29-35(31)26(2,3)4)25-28-22-15-19(21(27)16-32-5)9-12-23(22)30(25)17-33-13-14-36(6,7)8/h9,12,15,18,20-21,24,29H,10-11,13-14,16-17,27H2,1-8H3/t18-,21-,24+,35-/m1/s1. The van der Waals surface area contributed by atoms with E-state index in [0.29, 0.717) is 19.9 Å². The van der Waals surface area contributed by atoms with Gasteiger partial charge < -0.3 is 24.5 Å². The van der Waals surface area contributed by atoms with Crippen molar-refractivity contribution in [3.05, 3.63) is 29.6 Å². The molecule has 10 heteroatoms. The summed E-state index contributed by atoms with van der Waals surface area (Å²) in [6, 6.07) is 6.57. The van der Waals surface area contributed by atoms with E-state index in [1.807, 2.05) is 45.9 Å². The zero-order valence-electron chi connectivity index (χ0n) is 23.3. The third kappa shape index (κ3) is 8.18. The maximum atomic E-state index is 13.2. The first kappa shape index (κ1) is 29.4. The summed E-state index contributed by atoms with van der Waals surface area (Å²) in [7, 11) is -0.870. The first-order chi connectivity index (χ1) is 16.8. The number of methoxy groups -OCH3 is 1. The summed E-state index contributed by atoms with van der Waals surface area (Å²) in [5, 5.41) is 0. The van der Waals surface area contributed by atoms with Gasteiger partial charge in [-0.05, 0) is 64.3 Å². The fraction of sp³-hybridized carbons (Fsp3) is 0.731. The number of imidazole rings is 1. The van der Waals surface area contributed by atoms with E-state index in [-0.39, 0.29) is 24.3 Å². The van der Waals surface area contributed by atoms with Crippen molar-refractivity contribution in [2.24, 2.45) is 5.73 Å². The van der Waals surface area contributed by atoms with Crippen LogP contribution in [-0.4, -0.2) is 59.1 Å². The number of benzene rings is 1. The lowest BCUT2D eigenvalue weighted by Crippen LogP contribution is -2.41. The van der Waals surface area contributed by atoms with Crippen molar-refractivity contribution in [2.45, 2.75) is 102 Å². The lowest BCUT2D eigenvalue weighted by molar-refractivity contribution is 0.0258. The molecule has 0 aliphatic heterocycles. The number of ether oxygens (including phenoxy) is 3. The fourth-order valence-electron chi connectivity index (χ4n) is 3.82. The van der Waals surface area contributed by atoms with Crippen LogP contribution in [0.1, 0.15) is 64.0 Å². The van der Waals surface area contributed by atoms with E-state index < -0.39 is 23.8 Å². The van der Waals surface area contributed by atoms with Gasteiger partial charge in [0.1, 0.15) is 18.6 Å². The lowest BCUT2D eigenvalue weighted by Gasteiger charge is -2.28. The third-order valence-electron chi connectivity index (χ3n) is 6.26. The van der Waals surface area contributed by atoms with Crippen LogP contribution < -0.4 is 10.5 Å². The molecular weight excluding hydrogens is 492 g/mol. The smallest absolute Gasteiger partial charge is 0.132 e. The van der Waals surface area contributed by atoms with Crippen LogP contribution in [0.4, 0.5) is 0 Å². The van der Waals surface area contributed by atoms with Gasteiger partial charge in [-0.1, -0.05) is 25.7 Å². The summed E-state index contributed by atoms with van der Waals surface area (Å²) < 4.78 is 36.0. The van der Waals surface area contributed by atoms with E-state index in [1.54, 1.807) is 7.11 Å². The van der Waals surface area contributed by atoms with Crippen LogP contribution in [-0.2, 0) is 31.9 Å². The molecule has 1 aromatic heterocycles. The molecule has 1 aromatic carbocycles. The van der Waals surface area contributed by atoms with Crippen molar-refractivity contribution in [1.82, 2.24) is 14.3 Å². The van der Waals surface area contributed by atoms with E-state index in [0.717, 1.165) is 41.3 Å². The molecule has 1 fully saturated rings. The second-order valence-corrected chi connectivity index (χ2v) is 19.7. The van der Waals surface area contributed by atoms with E-state index in [2.05, 4.69) is 28.9 Å². The second-order valence-electron chi connectivity index (χ2n) is 12.1. The van der Waals surface area contributed by atoms with Crippen molar-refractivity contribution in [3.63, 3.8) is 0 Å². The van der Waals surface area contributed by atoms with E-state index >= 15 is 0 Å². The Morgan fingerprint density at radius 1 is 1.28 bits per heavy atom. The average Bonchev–Trinajstić information content (AvgIpc) is 3.52. The van der Waals surface area contributed by atoms with Gasteiger partial charge in [-0.2, -0.15) is 0 Å². The van der Waals surface area contributed by atoms with Gasteiger partial charge in [0.05, 0.1) is 51.6 Å². The van der Waals surface area contributed by atoms with Crippen LogP contribution in [0.15, 0.2) is 18.2 Å². The topological polar surface area (TPSA) is 101 Å². The molecule has 204 valence electrons. The Labute approximate surface area is 220 Å². The fourth-order valence-corrected chi connectivity index (χ4v) is 5.45. The Balaban J connectivity index is 2.01. The van der Waals surface area contributed by atoms with Gasteiger partial charge in [-0.15, -0.1) is 0 Å². The number of nitrogens with two attached hydrogens (primary N) is 1. The largest absolute Gasteiger partial charge is 0.383 e. The van der Waals surface area contributed by atoms with Crippen molar-refractivity contribution >= 4 is 30.1 Å². The van der Waals surface area contributed by atoms with Gasteiger partial charge in [0.2, 0.25) is 0 Å². The number of nitrogens with one attached hydrogen (secondary N) is 1. The van der Waals surface area contributed by atoms with Gasteiger partial charge in [0, 0.05) is 21.8 Å². The number of hydrogen-bond acceptors (Lipinski definition) is 6. The second kappa shape index (κ2) is 12.1. The quantitative estimate of drug-likeness (QED) is 0.268. The molecule has 0 unspecified atom stereocenters. The molecule has 0 radical (unpaired) electrons. The zero-order chi connectivity index (χ0) is 26.7.